The van der Waals surface area contributed by atoms with Crippen LogP contribution < -0.4 is 4.72 Å². The molecule has 0 amide bonds. The molecule has 106 valence electrons. The van der Waals surface area contributed by atoms with Crippen molar-refractivity contribution in [1.82, 2.24) is 4.72 Å². The smallest absolute Gasteiger partial charge is 0.348 e. The normalized spacial score (nSPS) is 11.3. The first-order chi connectivity index (χ1) is 8.77. The predicted molar refractivity (Wildman–Crippen MR) is 70.8 cm³/mol. The molecular weight excluding hydrogens is 362 g/mol. The highest BCUT2D eigenvalue weighted by atomic mass is 79.9. The van der Waals surface area contributed by atoms with E-state index in [9.17, 15) is 18.0 Å². The van der Waals surface area contributed by atoms with Gasteiger partial charge in [0.05, 0.1) is 17.3 Å². The van der Waals surface area contributed by atoms with E-state index in [0.29, 0.717) is 0 Å². The average Bonchev–Trinajstić information content (AvgIpc) is 2.70. The van der Waals surface area contributed by atoms with Gasteiger partial charge in [0.1, 0.15) is 9.77 Å². The van der Waals surface area contributed by atoms with Gasteiger partial charge in [-0.25, -0.2) is 17.9 Å². The van der Waals surface area contributed by atoms with Crippen molar-refractivity contribution < 1.29 is 27.9 Å². The lowest BCUT2D eigenvalue weighted by molar-refractivity contribution is -0.136. The Morgan fingerprint density at radius 1 is 1.53 bits per heavy atom. The number of methoxy groups -OCH3 is 1. The molecule has 0 aliphatic rings. The summed E-state index contributed by atoms with van der Waals surface area (Å²) >= 11 is 3.97. The fourth-order valence-corrected chi connectivity index (χ4v) is 4.62. The highest BCUT2D eigenvalue weighted by Gasteiger charge is 2.23. The lowest BCUT2D eigenvalue weighted by Gasteiger charge is -2.03. The number of rotatable bonds is 6. The van der Waals surface area contributed by atoms with Gasteiger partial charge < -0.3 is 9.84 Å². The number of hydrogen-bond acceptors (Lipinski definition) is 6. The van der Waals surface area contributed by atoms with Gasteiger partial charge in [-0.05, 0) is 22.0 Å². The van der Waals surface area contributed by atoms with Gasteiger partial charge in [0, 0.05) is 6.54 Å². The van der Waals surface area contributed by atoms with Crippen molar-refractivity contribution in [2.24, 2.45) is 0 Å². The molecule has 19 heavy (non-hydrogen) atoms. The van der Waals surface area contributed by atoms with Crippen molar-refractivity contribution in [1.29, 1.82) is 0 Å². The van der Waals surface area contributed by atoms with Crippen LogP contribution in [0.2, 0.25) is 0 Å². The van der Waals surface area contributed by atoms with E-state index in [1.165, 1.54) is 13.2 Å². The van der Waals surface area contributed by atoms with Crippen molar-refractivity contribution >= 4 is 49.2 Å². The molecule has 0 aliphatic heterocycles. The number of esters is 1. The van der Waals surface area contributed by atoms with Crippen molar-refractivity contribution in [2.75, 3.05) is 13.7 Å². The Morgan fingerprint density at radius 2 is 2.16 bits per heavy atom. The molecule has 0 bridgehead atoms. The molecule has 0 fully saturated rings. The van der Waals surface area contributed by atoms with Crippen molar-refractivity contribution in [3.8, 4) is 0 Å². The Balaban J connectivity index is 2.92. The Morgan fingerprint density at radius 3 is 2.68 bits per heavy atom. The van der Waals surface area contributed by atoms with Crippen LogP contribution >= 0.6 is 27.3 Å². The number of carbonyl (C=O) groups is 2. The molecule has 0 unspecified atom stereocenters. The van der Waals surface area contributed by atoms with Gasteiger partial charge in [-0.15, -0.1) is 11.3 Å². The molecule has 7 nitrogen and oxygen atoms in total. The number of carbonyl (C=O) groups excluding carboxylic acids is 1. The van der Waals surface area contributed by atoms with Crippen LogP contribution in [0.25, 0.3) is 0 Å². The van der Waals surface area contributed by atoms with Gasteiger partial charge in [0.15, 0.2) is 0 Å². The molecule has 1 rings (SSSR count). The summed E-state index contributed by atoms with van der Waals surface area (Å²) in [5.41, 5.74) is 0. The highest BCUT2D eigenvalue weighted by Crippen LogP contribution is 2.31. The first kappa shape index (κ1) is 16.1. The summed E-state index contributed by atoms with van der Waals surface area (Å²) in [7, 11) is -2.68. The maximum absolute atomic E-state index is 11.9. The summed E-state index contributed by atoms with van der Waals surface area (Å²) in [5, 5.41) is 8.44. The van der Waals surface area contributed by atoms with Crippen LogP contribution in [-0.4, -0.2) is 39.1 Å². The molecule has 0 radical (unpaired) electrons. The van der Waals surface area contributed by atoms with E-state index in [1.807, 2.05) is 0 Å². The summed E-state index contributed by atoms with van der Waals surface area (Å²) in [5.74, 6) is -1.75. The third-order valence-corrected chi connectivity index (χ3v) is 5.66. The van der Waals surface area contributed by atoms with E-state index < -0.39 is 22.0 Å². The van der Waals surface area contributed by atoms with Crippen LogP contribution in [0, 0.1) is 0 Å². The number of nitrogens with one attached hydrogen (secondary N) is 1. The van der Waals surface area contributed by atoms with Crippen LogP contribution in [0.3, 0.4) is 0 Å². The van der Waals surface area contributed by atoms with Crippen molar-refractivity contribution in [3.05, 3.63) is 14.7 Å². The Kier molecular flexibility index (Phi) is 5.47. The summed E-state index contributed by atoms with van der Waals surface area (Å²) in [6.07, 6.45) is -0.329. The molecule has 0 aliphatic carbocycles. The number of ether oxygens (including phenoxy) is 1. The van der Waals surface area contributed by atoms with E-state index >= 15 is 0 Å². The minimum Gasteiger partial charge on any atom is -0.481 e. The number of thiophene rings is 1. The van der Waals surface area contributed by atoms with Gasteiger partial charge in [0.25, 0.3) is 0 Å². The summed E-state index contributed by atoms with van der Waals surface area (Å²) in [6.45, 7) is -0.229. The lowest BCUT2D eigenvalue weighted by Crippen LogP contribution is -2.26. The first-order valence-electron chi connectivity index (χ1n) is 4.87. The fraction of sp³-hybridized carbons (Fsp3) is 0.333. The fourth-order valence-electron chi connectivity index (χ4n) is 1.11. The van der Waals surface area contributed by atoms with Gasteiger partial charge in [-0.3, -0.25) is 4.79 Å². The third kappa shape index (κ3) is 4.27. The minimum atomic E-state index is -3.87. The second kappa shape index (κ2) is 6.46. The third-order valence-electron chi connectivity index (χ3n) is 1.96. The zero-order valence-corrected chi connectivity index (χ0v) is 12.9. The van der Waals surface area contributed by atoms with Crippen molar-refractivity contribution in [2.45, 2.75) is 11.3 Å². The molecule has 0 saturated heterocycles. The van der Waals surface area contributed by atoms with E-state index in [-0.39, 0.29) is 26.5 Å². The van der Waals surface area contributed by atoms with Gasteiger partial charge in [-0.2, -0.15) is 0 Å². The standard InChI is InChI=1S/C9H10BrNO6S2/c1-17-9(14)5-4-6(8(10)18-5)19(15,16)11-3-2-7(12)13/h4,11H,2-3H2,1H3,(H,12,13). The highest BCUT2D eigenvalue weighted by molar-refractivity contribution is 9.11. The molecule has 0 atom stereocenters. The van der Waals surface area contributed by atoms with Gasteiger partial charge in [0.2, 0.25) is 10.0 Å². The summed E-state index contributed by atoms with van der Waals surface area (Å²) < 4.78 is 30.6. The largest absolute Gasteiger partial charge is 0.481 e. The Hall–Kier alpha value is -0.970. The molecule has 1 aromatic rings. The second-order valence-corrected chi connectivity index (χ2v) is 7.39. The maximum Gasteiger partial charge on any atom is 0.348 e. The van der Waals surface area contributed by atoms with Crippen LogP contribution in [0.5, 0.6) is 0 Å². The van der Waals surface area contributed by atoms with Crippen LogP contribution in [0.1, 0.15) is 16.1 Å². The Labute approximate surface area is 121 Å². The predicted octanol–water partition coefficient (Wildman–Crippen LogP) is 1.05. The SMILES string of the molecule is COC(=O)c1cc(S(=O)(=O)NCCC(=O)O)c(Br)s1. The number of sulfonamides is 1. The molecular formula is C9H10BrNO6S2. The summed E-state index contributed by atoms with van der Waals surface area (Å²) in [6, 6.07) is 1.17. The maximum atomic E-state index is 11.9. The number of carboxylic acid groups (broad SMARTS) is 1. The number of carboxylic acids is 1. The van der Waals surface area contributed by atoms with Crippen LogP contribution in [0.15, 0.2) is 14.7 Å². The molecule has 10 heteroatoms. The number of halogens is 1. The molecule has 0 aromatic carbocycles. The van der Waals surface area contributed by atoms with E-state index in [2.05, 4.69) is 25.4 Å². The monoisotopic (exact) mass is 371 g/mol. The van der Waals surface area contributed by atoms with Gasteiger partial charge >= 0.3 is 11.9 Å². The lowest BCUT2D eigenvalue weighted by atomic mass is 10.5. The Bertz CT molecular complexity index is 594. The second-order valence-electron chi connectivity index (χ2n) is 3.28. The summed E-state index contributed by atoms with van der Waals surface area (Å²) in [4.78, 5) is 21.6. The van der Waals surface area contributed by atoms with Crippen LogP contribution in [-0.2, 0) is 19.6 Å². The molecule has 0 saturated carbocycles. The molecule has 0 spiro atoms. The topological polar surface area (TPSA) is 110 Å². The first-order valence-corrected chi connectivity index (χ1v) is 7.96. The van der Waals surface area contributed by atoms with E-state index in [4.69, 9.17) is 5.11 Å². The van der Waals surface area contributed by atoms with Crippen LogP contribution in [0.4, 0.5) is 0 Å². The van der Waals surface area contributed by atoms with E-state index in [1.54, 1.807) is 0 Å². The van der Waals surface area contributed by atoms with Crippen molar-refractivity contribution in [3.63, 3.8) is 0 Å². The number of aliphatic carboxylic acids is 1. The van der Waals surface area contributed by atoms with Gasteiger partial charge in [-0.1, -0.05) is 0 Å². The van der Waals surface area contributed by atoms with E-state index in [0.717, 1.165) is 11.3 Å². The zero-order chi connectivity index (χ0) is 14.6. The minimum absolute atomic E-state index is 0.122. The molecule has 1 heterocycles. The quantitative estimate of drug-likeness (QED) is 0.723. The molecule has 2 N–H and O–H groups in total. The molecule has 1 aromatic heterocycles. The zero-order valence-electron chi connectivity index (χ0n) is 9.67. The number of hydrogen-bond donors (Lipinski definition) is 2. The average molecular weight is 372 g/mol.